The number of aromatic nitrogens is 1. The molecule has 7 heteroatoms. The molecule has 0 aliphatic rings. The fourth-order valence-electron chi connectivity index (χ4n) is 3.38. The molecule has 0 saturated carbocycles. The first-order valence-electron chi connectivity index (χ1n) is 10.5. The van der Waals surface area contributed by atoms with Crippen molar-refractivity contribution in [2.45, 2.75) is 39.8 Å². The van der Waals surface area contributed by atoms with Crippen LogP contribution in [0.2, 0.25) is 0 Å². The van der Waals surface area contributed by atoms with Crippen LogP contribution >= 0.6 is 0 Å². The van der Waals surface area contributed by atoms with Crippen molar-refractivity contribution in [2.75, 3.05) is 11.9 Å². The van der Waals surface area contributed by atoms with Crippen molar-refractivity contribution in [2.24, 2.45) is 0 Å². The van der Waals surface area contributed by atoms with Crippen molar-refractivity contribution in [3.05, 3.63) is 93.8 Å². The molecule has 2 aromatic carbocycles. The number of urea groups is 1. The molecular formula is C24H28N4O3. The van der Waals surface area contributed by atoms with Gasteiger partial charge in [-0.05, 0) is 48.7 Å². The maximum Gasteiger partial charge on any atom is 0.322 e. The lowest BCUT2D eigenvalue weighted by Crippen LogP contribution is -2.36. The van der Waals surface area contributed by atoms with E-state index in [9.17, 15) is 14.9 Å². The molecule has 0 saturated heterocycles. The topological polar surface area (TPSA) is 80.4 Å². The summed E-state index contributed by atoms with van der Waals surface area (Å²) in [6.07, 6.45) is 3.91. The van der Waals surface area contributed by atoms with Gasteiger partial charge in [-0.1, -0.05) is 37.6 Å². The standard InChI is InChI=1S/C24H28N4O3/c1-3-4-15-27(24(29)25-21-11-13-22(14-12-21)28(30)31)18-23-10-7-16-26(23)17-20-9-6-5-8-19(20)2/h5-14,16H,3-4,15,17-18H2,1-2H3,(H,25,29). The van der Waals surface area contributed by atoms with Crippen LogP contribution < -0.4 is 5.32 Å². The first-order chi connectivity index (χ1) is 15.0. The normalized spacial score (nSPS) is 10.6. The highest BCUT2D eigenvalue weighted by Gasteiger charge is 2.16. The molecule has 2 amide bonds. The fraction of sp³-hybridized carbons (Fsp3) is 0.292. The molecule has 0 radical (unpaired) electrons. The third-order valence-corrected chi connectivity index (χ3v) is 5.28. The van der Waals surface area contributed by atoms with Crippen LogP contribution in [0.3, 0.4) is 0 Å². The number of carbonyl (C=O) groups excluding carboxylic acids is 1. The van der Waals surface area contributed by atoms with E-state index in [4.69, 9.17) is 0 Å². The zero-order chi connectivity index (χ0) is 22.2. The second-order valence-electron chi connectivity index (χ2n) is 7.56. The maximum atomic E-state index is 13.0. The van der Waals surface area contributed by atoms with Gasteiger partial charge in [0, 0.05) is 42.8 Å². The van der Waals surface area contributed by atoms with Gasteiger partial charge in [-0.15, -0.1) is 0 Å². The minimum atomic E-state index is -0.457. The van der Waals surface area contributed by atoms with Crippen molar-refractivity contribution in [1.82, 2.24) is 9.47 Å². The molecule has 0 bridgehead atoms. The first-order valence-corrected chi connectivity index (χ1v) is 10.5. The Kier molecular flexibility index (Phi) is 7.43. The number of carbonyl (C=O) groups is 1. The van der Waals surface area contributed by atoms with Crippen LogP contribution in [0, 0.1) is 17.0 Å². The van der Waals surface area contributed by atoms with Crippen LogP contribution in [0.1, 0.15) is 36.6 Å². The molecular weight excluding hydrogens is 392 g/mol. The summed E-state index contributed by atoms with van der Waals surface area (Å²) < 4.78 is 2.17. The molecule has 1 N–H and O–H groups in total. The number of rotatable bonds is 9. The van der Waals surface area contributed by atoms with Crippen molar-refractivity contribution in [3.8, 4) is 0 Å². The van der Waals surface area contributed by atoms with Gasteiger partial charge >= 0.3 is 6.03 Å². The van der Waals surface area contributed by atoms with E-state index in [1.54, 1.807) is 17.0 Å². The predicted octanol–water partition coefficient (Wildman–Crippen LogP) is 5.59. The van der Waals surface area contributed by atoms with Crippen molar-refractivity contribution in [3.63, 3.8) is 0 Å². The summed E-state index contributed by atoms with van der Waals surface area (Å²) in [4.78, 5) is 25.1. The van der Waals surface area contributed by atoms with Gasteiger partial charge in [0.25, 0.3) is 5.69 Å². The maximum absolute atomic E-state index is 13.0. The quantitative estimate of drug-likeness (QED) is 0.362. The molecule has 0 spiro atoms. The summed E-state index contributed by atoms with van der Waals surface area (Å²) >= 11 is 0. The van der Waals surface area contributed by atoms with Crippen LogP contribution in [0.15, 0.2) is 66.9 Å². The Morgan fingerprint density at radius 2 is 1.84 bits per heavy atom. The van der Waals surface area contributed by atoms with Crippen LogP contribution in [0.4, 0.5) is 16.2 Å². The van der Waals surface area contributed by atoms with E-state index in [1.165, 1.54) is 23.3 Å². The number of nitro groups is 1. The number of unbranched alkanes of at least 4 members (excludes halogenated alkanes) is 1. The first kappa shape index (κ1) is 22.1. The Morgan fingerprint density at radius 3 is 2.52 bits per heavy atom. The zero-order valence-electron chi connectivity index (χ0n) is 18.0. The summed E-state index contributed by atoms with van der Waals surface area (Å²) in [5.74, 6) is 0. The van der Waals surface area contributed by atoms with Crippen LogP contribution in [0.25, 0.3) is 0 Å². The summed E-state index contributed by atoms with van der Waals surface area (Å²) in [5, 5.41) is 13.7. The van der Waals surface area contributed by atoms with Gasteiger partial charge in [-0.2, -0.15) is 0 Å². The lowest BCUT2D eigenvalue weighted by Gasteiger charge is -2.24. The van der Waals surface area contributed by atoms with Crippen LogP contribution in [-0.4, -0.2) is 27.0 Å². The number of nitro benzene ring substituents is 1. The SMILES string of the molecule is CCCCN(Cc1cccn1Cc1ccccc1C)C(=O)Nc1ccc([N+](=O)[O-])cc1. The molecule has 3 rings (SSSR count). The summed E-state index contributed by atoms with van der Waals surface area (Å²) in [6, 6.07) is 18.0. The van der Waals surface area contributed by atoms with E-state index >= 15 is 0 Å². The molecule has 162 valence electrons. The average molecular weight is 421 g/mol. The van der Waals surface area contributed by atoms with Gasteiger partial charge in [-0.25, -0.2) is 4.79 Å². The van der Waals surface area contributed by atoms with Crippen molar-refractivity contribution in [1.29, 1.82) is 0 Å². The molecule has 0 aliphatic carbocycles. The van der Waals surface area contributed by atoms with Crippen molar-refractivity contribution < 1.29 is 9.72 Å². The minimum Gasteiger partial charge on any atom is -0.345 e. The Bertz CT molecular complexity index is 1030. The lowest BCUT2D eigenvalue weighted by molar-refractivity contribution is -0.384. The Morgan fingerprint density at radius 1 is 1.10 bits per heavy atom. The number of aryl methyl sites for hydroxylation is 1. The lowest BCUT2D eigenvalue weighted by atomic mass is 10.1. The largest absolute Gasteiger partial charge is 0.345 e. The van der Waals surface area contributed by atoms with E-state index in [-0.39, 0.29) is 11.7 Å². The molecule has 3 aromatic rings. The number of nitrogens with zero attached hydrogens (tertiary/aromatic N) is 3. The number of hydrogen-bond donors (Lipinski definition) is 1. The Balaban J connectivity index is 1.72. The smallest absolute Gasteiger partial charge is 0.322 e. The molecule has 0 atom stereocenters. The van der Waals surface area contributed by atoms with Gasteiger partial charge < -0.3 is 14.8 Å². The highest BCUT2D eigenvalue weighted by atomic mass is 16.6. The van der Waals surface area contributed by atoms with Gasteiger partial charge in [0.1, 0.15) is 0 Å². The van der Waals surface area contributed by atoms with Crippen LogP contribution in [0.5, 0.6) is 0 Å². The van der Waals surface area contributed by atoms with E-state index in [0.29, 0.717) is 18.8 Å². The van der Waals surface area contributed by atoms with E-state index in [0.717, 1.165) is 25.1 Å². The second kappa shape index (κ2) is 10.4. The fourth-order valence-corrected chi connectivity index (χ4v) is 3.38. The van der Waals surface area contributed by atoms with Crippen molar-refractivity contribution >= 4 is 17.4 Å². The van der Waals surface area contributed by atoms with E-state index in [2.05, 4.69) is 35.9 Å². The summed E-state index contributed by atoms with van der Waals surface area (Å²) in [5.41, 5.74) is 4.07. The third kappa shape index (κ3) is 5.94. The van der Waals surface area contributed by atoms with Gasteiger partial charge in [0.2, 0.25) is 0 Å². The molecule has 0 aliphatic heterocycles. The van der Waals surface area contributed by atoms with Gasteiger partial charge in [0.05, 0.1) is 11.5 Å². The minimum absolute atomic E-state index is 0.00475. The number of hydrogen-bond acceptors (Lipinski definition) is 3. The highest BCUT2D eigenvalue weighted by Crippen LogP contribution is 2.18. The number of anilines is 1. The van der Waals surface area contributed by atoms with E-state index < -0.39 is 4.92 Å². The van der Waals surface area contributed by atoms with E-state index in [1.807, 2.05) is 30.5 Å². The second-order valence-corrected chi connectivity index (χ2v) is 7.56. The molecule has 0 fully saturated rings. The molecule has 1 aromatic heterocycles. The highest BCUT2D eigenvalue weighted by molar-refractivity contribution is 5.89. The Labute approximate surface area is 182 Å². The summed E-state index contributed by atoms with van der Waals surface area (Å²) in [6.45, 7) is 6.06. The molecule has 7 nitrogen and oxygen atoms in total. The monoisotopic (exact) mass is 420 g/mol. The molecule has 0 unspecified atom stereocenters. The molecule has 31 heavy (non-hydrogen) atoms. The predicted molar refractivity (Wildman–Crippen MR) is 122 cm³/mol. The van der Waals surface area contributed by atoms with Gasteiger partial charge in [0.15, 0.2) is 0 Å². The number of non-ortho nitro benzene ring substituents is 1. The average Bonchev–Trinajstić information content (AvgIpc) is 3.19. The third-order valence-electron chi connectivity index (χ3n) is 5.28. The van der Waals surface area contributed by atoms with Crippen LogP contribution in [-0.2, 0) is 13.1 Å². The number of benzene rings is 2. The number of amides is 2. The number of nitrogens with one attached hydrogen (secondary N) is 1. The molecule has 1 heterocycles. The Hall–Kier alpha value is -3.61. The zero-order valence-corrected chi connectivity index (χ0v) is 18.0. The van der Waals surface area contributed by atoms with Gasteiger partial charge in [-0.3, -0.25) is 10.1 Å². The summed E-state index contributed by atoms with van der Waals surface area (Å²) in [7, 11) is 0.